The van der Waals surface area contributed by atoms with Gasteiger partial charge in [0.2, 0.25) is 0 Å². The first-order chi connectivity index (χ1) is 12.3. The van der Waals surface area contributed by atoms with Crippen molar-refractivity contribution in [2.45, 2.75) is 23.3 Å². The molecular weight excluding hydrogens is 328 g/mol. The largest absolute Gasteiger partial charge is 0.379 e. The van der Waals surface area contributed by atoms with E-state index in [1.165, 1.54) is 26.4 Å². The number of fused-ring (bicyclic) bond motifs is 1. The van der Waals surface area contributed by atoms with Gasteiger partial charge in [0.1, 0.15) is 0 Å². The average Bonchev–Trinajstić information content (AvgIpc) is 2.93. The highest BCUT2D eigenvalue weighted by Gasteiger charge is 2.16. The van der Waals surface area contributed by atoms with Gasteiger partial charge in [0, 0.05) is 52.6 Å². The fourth-order valence-corrected chi connectivity index (χ4v) is 4.56. The SMILES string of the molecule is Cc1c(Sc2ccccc2)c2ccccc2n1CCN1CCOCC1. The maximum atomic E-state index is 5.46. The van der Waals surface area contributed by atoms with Crippen molar-refractivity contribution in [3.05, 3.63) is 60.3 Å². The van der Waals surface area contributed by atoms with E-state index in [2.05, 4.69) is 71.0 Å². The molecule has 1 aliphatic rings. The molecule has 1 aromatic heterocycles. The summed E-state index contributed by atoms with van der Waals surface area (Å²) >= 11 is 1.87. The normalized spacial score (nSPS) is 15.7. The monoisotopic (exact) mass is 352 g/mol. The van der Waals surface area contributed by atoms with Gasteiger partial charge in [-0.1, -0.05) is 48.2 Å². The molecular formula is C21H24N2OS. The Morgan fingerprint density at radius 3 is 2.44 bits per heavy atom. The molecule has 2 heterocycles. The molecule has 4 rings (SSSR count). The third kappa shape index (κ3) is 3.61. The van der Waals surface area contributed by atoms with Crippen LogP contribution < -0.4 is 0 Å². The molecule has 3 aromatic rings. The van der Waals surface area contributed by atoms with Crippen LogP contribution >= 0.6 is 11.8 Å². The first kappa shape index (κ1) is 16.7. The third-order valence-corrected chi connectivity index (χ3v) is 6.11. The summed E-state index contributed by atoms with van der Waals surface area (Å²) in [5, 5.41) is 1.36. The van der Waals surface area contributed by atoms with Gasteiger partial charge >= 0.3 is 0 Å². The van der Waals surface area contributed by atoms with Crippen LogP contribution in [0.2, 0.25) is 0 Å². The Bertz CT molecular complexity index is 838. The number of morpholine rings is 1. The van der Waals surface area contributed by atoms with E-state index < -0.39 is 0 Å². The van der Waals surface area contributed by atoms with E-state index in [0.717, 1.165) is 39.4 Å². The van der Waals surface area contributed by atoms with Crippen LogP contribution in [0.3, 0.4) is 0 Å². The molecule has 0 saturated carbocycles. The van der Waals surface area contributed by atoms with Gasteiger partial charge in [0.25, 0.3) is 0 Å². The zero-order valence-corrected chi connectivity index (χ0v) is 15.5. The van der Waals surface area contributed by atoms with Crippen LogP contribution in [0.25, 0.3) is 10.9 Å². The van der Waals surface area contributed by atoms with Crippen LogP contribution in [0, 0.1) is 6.92 Å². The van der Waals surface area contributed by atoms with Gasteiger partial charge < -0.3 is 9.30 Å². The van der Waals surface area contributed by atoms with Crippen LogP contribution in [-0.4, -0.2) is 42.3 Å². The molecule has 0 aliphatic carbocycles. The number of hydrogen-bond donors (Lipinski definition) is 0. The first-order valence-corrected chi connectivity index (χ1v) is 9.75. The van der Waals surface area contributed by atoms with E-state index in [1.807, 2.05) is 11.8 Å². The van der Waals surface area contributed by atoms with E-state index >= 15 is 0 Å². The van der Waals surface area contributed by atoms with E-state index in [0.29, 0.717) is 0 Å². The number of nitrogens with zero attached hydrogens (tertiary/aromatic N) is 2. The number of hydrogen-bond acceptors (Lipinski definition) is 3. The van der Waals surface area contributed by atoms with Crippen molar-refractivity contribution in [2.24, 2.45) is 0 Å². The summed E-state index contributed by atoms with van der Waals surface area (Å²) in [6.45, 7) is 8.18. The lowest BCUT2D eigenvalue weighted by atomic mass is 10.2. The zero-order valence-electron chi connectivity index (χ0n) is 14.6. The van der Waals surface area contributed by atoms with Gasteiger partial charge in [0.15, 0.2) is 0 Å². The van der Waals surface area contributed by atoms with Crippen LogP contribution in [0.4, 0.5) is 0 Å². The van der Waals surface area contributed by atoms with Crippen molar-refractivity contribution in [1.82, 2.24) is 9.47 Å². The van der Waals surface area contributed by atoms with Crippen molar-refractivity contribution in [3.8, 4) is 0 Å². The van der Waals surface area contributed by atoms with Crippen molar-refractivity contribution in [1.29, 1.82) is 0 Å². The van der Waals surface area contributed by atoms with E-state index in [1.54, 1.807) is 0 Å². The molecule has 0 radical (unpaired) electrons. The topological polar surface area (TPSA) is 17.4 Å². The summed E-state index contributed by atoms with van der Waals surface area (Å²) in [6, 6.07) is 19.4. The van der Waals surface area contributed by atoms with Crippen LogP contribution in [0.5, 0.6) is 0 Å². The Balaban J connectivity index is 1.63. The number of rotatable bonds is 5. The summed E-state index contributed by atoms with van der Waals surface area (Å²) in [4.78, 5) is 5.17. The molecule has 1 saturated heterocycles. The molecule has 1 aliphatic heterocycles. The van der Waals surface area contributed by atoms with Crippen molar-refractivity contribution >= 4 is 22.7 Å². The third-order valence-electron chi connectivity index (χ3n) is 4.88. The minimum atomic E-state index is 0.862. The van der Waals surface area contributed by atoms with Gasteiger partial charge in [-0.3, -0.25) is 4.90 Å². The highest BCUT2D eigenvalue weighted by molar-refractivity contribution is 7.99. The maximum absolute atomic E-state index is 5.46. The molecule has 2 aromatic carbocycles. The molecule has 25 heavy (non-hydrogen) atoms. The minimum absolute atomic E-state index is 0.862. The van der Waals surface area contributed by atoms with Crippen molar-refractivity contribution in [3.63, 3.8) is 0 Å². The second kappa shape index (κ2) is 7.65. The summed E-state index contributed by atoms with van der Waals surface area (Å²) < 4.78 is 7.95. The summed E-state index contributed by atoms with van der Waals surface area (Å²) in [6.07, 6.45) is 0. The Kier molecular flexibility index (Phi) is 5.11. The number of para-hydroxylation sites is 1. The Morgan fingerprint density at radius 1 is 0.920 bits per heavy atom. The molecule has 0 unspecified atom stereocenters. The van der Waals surface area contributed by atoms with E-state index in [-0.39, 0.29) is 0 Å². The summed E-state index contributed by atoms with van der Waals surface area (Å²) in [5.41, 5.74) is 2.70. The predicted molar refractivity (Wildman–Crippen MR) is 104 cm³/mol. The number of benzene rings is 2. The standard InChI is InChI=1S/C21H24N2OS/c1-17-21(25-18-7-3-2-4-8-18)19-9-5-6-10-20(19)23(17)12-11-22-13-15-24-16-14-22/h2-10H,11-16H2,1H3. The Morgan fingerprint density at radius 2 is 1.64 bits per heavy atom. The molecule has 130 valence electrons. The van der Waals surface area contributed by atoms with Crippen molar-refractivity contribution < 1.29 is 4.74 Å². The molecule has 0 bridgehead atoms. The predicted octanol–water partition coefficient (Wildman–Crippen LogP) is 4.43. The van der Waals surface area contributed by atoms with Crippen molar-refractivity contribution in [2.75, 3.05) is 32.8 Å². The first-order valence-electron chi connectivity index (χ1n) is 8.94. The summed E-state index contributed by atoms with van der Waals surface area (Å²) in [5.74, 6) is 0. The highest BCUT2D eigenvalue weighted by atomic mass is 32.2. The highest BCUT2D eigenvalue weighted by Crippen LogP contribution is 2.38. The fraction of sp³-hybridized carbons (Fsp3) is 0.333. The lowest BCUT2D eigenvalue weighted by molar-refractivity contribution is 0.0365. The second-order valence-electron chi connectivity index (χ2n) is 6.45. The van der Waals surface area contributed by atoms with Gasteiger partial charge in [0.05, 0.1) is 13.2 Å². The molecule has 0 N–H and O–H groups in total. The maximum Gasteiger partial charge on any atom is 0.0594 e. The smallest absolute Gasteiger partial charge is 0.0594 e. The van der Waals surface area contributed by atoms with Crippen LogP contribution in [0.15, 0.2) is 64.4 Å². The molecule has 3 nitrogen and oxygen atoms in total. The molecule has 4 heteroatoms. The molecule has 0 atom stereocenters. The fourth-order valence-electron chi connectivity index (χ4n) is 3.49. The molecule has 0 amide bonds. The van der Waals surface area contributed by atoms with Crippen LogP contribution in [-0.2, 0) is 11.3 Å². The van der Waals surface area contributed by atoms with E-state index in [9.17, 15) is 0 Å². The minimum Gasteiger partial charge on any atom is -0.379 e. The summed E-state index contributed by atoms with van der Waals surface area (Å²) in [7, 11) is 0. The van der Waals surface area contributed by atoms with Gasteiger partial charge in [-0.25, -0.2) is 0 Å². The van der Waals surface area contributed by atoms with E-state index in [4.69, 9.17) is 4.74 Å². The zero-order chi connectivity index (χ0) is 17.1. The van der Waals surface area contributed by atoms with Gasteiger partial charge in [-0.15, -0.1) is 0 Å². The lowest BCUT2D eigenvalue weighted by Gasteiger charge is -2.27. The van der Waals surface area contributed by atoms with Gasteiger partial charge in [-0.05, 0) is 25.1 Å². The molecule has 1 fully saturated rings. The molecule has 0 spiro atoms. The average molecular weight is 353 g/mol. The lowest BCUT2D eigenvalue weighted by Crippen LogP contribution is -2.38. The van der Waals surface area contributed by atoms with Gasteiger partial charge in [-0.2, -0.15) is 0 Å². The quantitative estimate of drug-likeness (QED) is 0.676. The Hall–Kier alpha value is -1.75. The second-order valence-corrected chi connectivity index (χ2v) is 7.54. The van der Waals surface area contributed by atoms with Crippen LogP contribution in [0.1, 0.15) is 5.69 Å². The Labute approximate surface area is 153 Å². The number of aromatic nitrogens is 1. The number of ether oxygens (including phenoxy) is 1.